The molecule has 140 valence electrons. The van der Waals surface area contributed by atoms with Gasteiger partial charge in [-0.15, -0.1) is 0 Å². The van der Waals surface area contributed by atoms with Gasteiger partial charge in [0.25, 0.3) is 5.91 Å². The van der Waals surface area contributed by atoms with Gasteiger partial charge >= 0.3 is 6.03 Å². The number of pyridine rings is 1. The minimum absolute atomic E-state index is 0.116. The number of primary sulfonamides is 1. The number of carbonyl (C=O) groups excluding carboxylic acids is 3. The summed E-state index contributed by atoms with van der Waals surface area (Å²) in [5.41, 5.74) is -0.780. The monoisotopic (exact) mass is 388 g/mol. The predicted octanol–water partition coefficient (Wildman–Crippen LogP) is 0.379. The van der Waals surface area contributed by atoms with Gasteiger partial charge in [0.2, 0.25) is 10.0 Å². The number of imide groups is 1. The van der Waals surface area contributed by atoms with Gasteiger partial charge in [-0.05, 0) is 36.8 Å². The van der Waals surface area contributed by atoms with Crippen molar-refractivity contribution in [3.8, 4) is 0 Å². The first-order chi connectivity index (χ1) is 12.6. The molecule has 2 heterocycles. The summed E-state index contributed by atoms with van der Waals surface area (Å²) in [6, 6.07) is 7.69. The number of urea groups is 1. The first-order valence-electron chi connectivity index (χ1n) is 7.83. The Hall–Kier alpha value is -3.11. The maximum absolute atomic E-state index is 12.8. The number of Topliss-reactive ketones (excluding diaryl/α,β-unsaturated/α-hetero) is 1. The van der Waals surface area contributed by atoms with Gasteiger partial charge in [0.1, 0.15) is 5.54 Å². The molecule has 1 saturated heterocycles. The second-order valence-corrected chi connectivity index (χ2v) is 7.74. The lowest BCUT2D eigenvalue weighted by Crippen LogP contribution is -2.41. The molecule has 2 aromatic rings. The number of rotatable bonds is 5. The van der Waals surface area contributed by atoms with E-state index in [0.29, 0.717) is 5.56 Å². The second kappa shape index (κ2) is 6.56. The molecule has 27 heavy (non-hydrogen) atoms. The number of nitrogens with two attached hydrogens (primary N) is 1. The summed E-state index contributed by atoms with van der Waals surface area (Å²) in [5, 5.41) is 7.61. The molecule has 3 rings (SSSR count). The Labute approximate surface area is 155 Å². The van der Waals surface area contributed by atoms with Gasteiger partial charge in [-0.2, -0.15) is 0 Å². The molecule has 1 aliphatic heterocycles. The second-order valence-electron chi connectivity index (χ2n) is 6.18. The van der Waals surface area contributed by atoms with Crippen LogP contribution in [0.15, 0.2) is 53.7 Å². The smallest absolute Gasteiger partial charge is 0.319 e. The summed E-state index contributed by atoms with van der Waals surface area (Å²) in [5.74, 6) is -1.05. The van der Waals surface area contributed by atoms with Crippen molar-refractivity contribution in [3.05, 3.63) is 59.9 Å². The number of nitrogens with one attached hydrogen (secondary N) is 1. The summed E-state index contributed by atoms with van der Waals surface area (Å²) in [4.78, 5) is 41.9. The molecular weight excluding hydrogens is 372 g/mol. The lowest BCUT2D eigenvalue weighted by atomic mass is 9.92. The topological polar surface area (TPSA) is 140 Å². The molecule has 1 unspecified atom stereocenters. The Kier molecular flexibility index (Phi) is 4.54. The molecule has 1 aromatic heterocycles. The van der Waals surface area contributed by atoms with E-state index in [-0.39, 0.29) is 10.5 Å². The fourth-order valence-electron chi connectivity index (χ4n) is 2.78. The number of hydrogen-bond acceptors (Lipinski definition) is 6. The number of amides is 3. The van der Waals surface area contributed by atoms with E-state index < -0.39 is 39.8 Å². The lowest BCUT2D eigenvalue weighted by molar-refractivity contribution is -0.130. The number of sulfonamides is 1. The molecule has 0 radical (unpaired) electrons. The van der Waals surface area contributed by atoms with Crippen molar-refractivity contribution >= 4 is 27.7 Å². The summed E-state index contributed by atoms with van der Waals surface area (Å²) >= 11 is 0. The molecule has 3 amide bonds. The fraction of sp³-hybridized carbons (Fsp3) is 0.176. The van der Waals surface area contributed by atoms with Crippen molar-refractivity contribution in [1.82, 2.24) is 15.2 Å². The van der Waals surface area contributed by atoms with Crippen LogP contribution in [0.2, 0.25) is 0 Å². The van der Waals surface area contributed by atoms with Gasteiger partial charge in [0.15, 0.2) is 5.78 Å². The first kappa shape index (κ1) is 18.7. The van der Waals surface area contributed by atoms with Crippen molar-refractivity contribution in [2.75, 3.05) is 6.54 Å². The van der Waals surface area contributed by atoms with Gasteiger partial charge in [0.05, 0.1) is 11.4 Å². The van der Waals surface area contributed by atoms with Crippen molar-refractivity contribution < 1.29 is 22.8 Å². The maximum atomic E-state index is 12.8. The number of ketones is 1. The highest BCUT2D eigenvalue weighted by Gasteiger charge is 2.49. The van der Waals surface area contributed by atoms with Crippen LogP contribution in [0.4, 0.5) is 4.79 Å². The third-order valence-electron chi connectivity index (χ3n) is 4.32. The van der Waals surface area contributed by atoms with E-state index in [0.717, 1.165) is 4.90 Å². The van der Waals surface area contributed by atoms with Crippen LogP contribution in [0.5, 0.6) is 0 Å². The van der Waals surface area contributed by atoms with Crippen LogP contribution in [0.3, 0.4) is 0 Å². The minimum atomic E-state index is -3.88. The highest BCUT2D eigenvalue weighted by atomic mass is 32.2. The molecule has 1 atom stereocenters. The van der Waals surface area contributed by atoms with Crippen molar-refractivity contribution in [2.45, 2.75) is 17.4 Å². The standard InChI is InChI=1S/C17H16N4O5S/c1-17(12-4-6-13(7-5-12)27(18,25)26)15(23)21(16(24)20-17)10-14(22)11-3-2-8-19-9-11/h2-9H,10H2,1H3,(H,20,24)(H2,18,25,26). The average molecular weight is 388 g/mol. The summed E-state index contributed by atoms with van der Waals surface area (Å²) < 4.78 is 22.7. The molecule has 0 saturated carbocycles. The number of hydrogen-bond donors (Lipinski definition) is 2. The Bertz CT molecular complexity index is 1020. The van der Waals surface area contributed by atoms with Crippen LogP contribution < -0.4 is 10.5 Å². The fourth-order valence-corrected chi connectivity index (χ4v) is 3.29. The molecule has 1 aliphatic rings. The van der Waals surface area contributed by atoms with Crippen LogP contribution in [-0.4, -0.2) is 42.6 Å². The highest BCUT2D eigenvalue weighted by molar-refractivity contribution is 7.89. The molecule has 0 bridgehead atoms. The number of nitrogens with zero attached hydrogens (tertiary/aromatic N) is 2. The Morgan fingerprint density at radius 3 is 2.44 bits per heavy atom. The van der Waals surface area contributed by atoms with Crippen molar-refractivity contribution in [3.63, 3.8) is 0 Å². The van der Waals surface area contributed by atoms with Crippen molar-refractivity contribution in [1.29, 1.82) is 0 Å². The number of carbonyl (C=O) groups is 3. The van der Waals surface area contributed by atoms with E-state index in [1.807, 2.05) is 0 Å². The molecule has 1 aromatic carbocycles. The molecule has 10 heteroatoms. The van der Waals surface area contributed by atoms with Crippen LogP contribution in [0.1, 0.15) is 22.8 Å². The summed E-state index contributed by atoms with van der Waals surface area (Å²) in [6.07, 6.45) is 2.86. The molecule has 9 nitrogen and oxygen atoms in total. The van der Waals surface area contributed by atoms with Crippen LogP contribution in [-0.2, 0) is 20.4 Å². The normalized spacial score (nSPS) is 19.9. The van der Waals surface area contributed by atoms with Crippen LogP contribution in [0, 0.1) is 0 Å². The van der Waals surface area contributed by atoms with E-state index >= 15 is 0 Å². The van der Waals surface area contributed by atoms with Gasteiger partial charge in [-0.1, -0.05) is 12.1 Å². The zero-order valence-corrected chi connectivity index (χ0v) is 15.1. The van der Waals surface area contributed by atoms with E-state index in [4.69, 9.17) is 5.14 Å². The minimum Gasteiger partial charge on any atom is -0.319 e. The molecule has 3 N–H and O–H groups in total. The SMILES string of the molecule is CC1(c2ccc(S(N)(=O)=O)cc2)NC(=O)N(CC(=O)c2cccnc2)C1=O. The van der Waals surface area contributed by atoms with E-state index in [2.05, 4.69) is 10.3 Å². The third kappa shape index (κ3) is 3.44. The molecule has 0 aliphatic carbocycles. The lowest BCUT2D eigenvalue weighted by Gasteiger charge is -2.22. The van der Waals surface area contributed by atoms with Gasteiger partial charge in [-0.3, -0.25) is 19.5 Å². The van der Waals surface area contributed by atoms with E-state index in [1.165, 1.54) is 43.6 Å². The maximum Gasteiger partial charge on any atom is 0.325 e. The van der Waals surface area contributed by atoms with Crippen LogP contribution >= 0.6 is 0 Å². The molecular formula is C17H16N4O5S. The molecule has 1 fully saturated rings. The number of aromatic nitrogens is 1. The number of benzene rings is 1. The average Bonchev–Trinajstić information content (AvgIpc) is 2.86. The zero-order chi connectivity index (χ0) is 19.8. The summed E-state index contributed by atoms with van der Waals surface area (Å²) in [6.45, 7) is 1.05. The van der Waals surface area contributed by atoms with Crippen molar-refractivity contribution in [2.24, 2.45) is 5.14 Å². The van der Waals surface area contributed by atoms with Gasteiger partial charge in [0, 0.05) is 18.0 Å². The zero-order valence-electron chi connectivity index (χ0n) is 14.2. The third-order valence-corrected chi connectivity index (χ3v) is 5.25. The van der Waals surface area contributed by atoms with E-state index in [9.17, 15) is 22.8 Å². The highest BCUT2D eigenvalue weighted by Crippen LogP contribution is 2.29. The first-order valence-corrected chi connectivity index (χ1v) is 9.38. The Morgan fingerprint density at radius 1 is 1.22 bits per heavy atom. The Balaban J connectivity index is 1.85. The quantitative estimate of drug-likeness (QED) is 0.561. The van der Waals surface area contributed by atoms with Crippen LogP contribution in [0.25, 0.3) is 0 Å². The predicted molar refractivity (Wildman–Crippen MR) is 94.0 cm³/mol. The Morgan fingerprint density at radius 2 is 1.89 bits per heavy atom. The summed E-state index contributed by atoms with van der Waals surface area (Å²) in [7, 11) is -3.88. The van der Waals surface area contributed by atoms with E-state index in [1.54, 1.807) is 12.1 Å². The van der Waals surface area contributed by atoms with Gasteiger partial charge < -0.3 is 5.32 Å². The molecule has 0 spiro atoms. The van der Waals surface area contributed by atoms with Gasteiger partial charge in [-0.25, -0.2) is 18.4 Å². The largest absolute Gasteiger partial charge is 0.325 e.